The van der Waals surface area contributed by atoms with Crippen LogP contribution in [0.1, 0.15) is 57.8 Å². The molecule has 4 nitrogen and oxygen atoms in total. The summed E-state index contributed by atoms with van der Waals surface area (Å²) in [5, 5.41) is 7.19. The molecule has 0 spiro atoms. The molecule has 4 heteroatoms. The van der Waals surface area contributed by atoms with Crippen molar-refractivity contribution in [2.45, 2.75) is 57.8 Å². The topological polar surface area (TPSA) is 30.5 Å². The predicted octanol–water partition coefficient (Wildman–Crippen LogP) is 2.31. The first kappa shape index (κ1) is 19.2. The predicted molar refractivity (Wildman–Crippen MR) is 100 cm³/mol. The second kappa shape index (κ2) is 13.2. The summed E-state index contributed by atoms with van der Waals surface area (Å²) in [5.74, 6) is 0. The van der Waals surface area contributed by atoms with Gasteiger partial charge in [0.15, 0.2) is 0 Å². The Morgan fingerprint density at radius 2 is 0.870 bits per heavy atom. The van der Waals surface area contributed by atoms with Gasteiger partial charge in [0.25, 0.3) is 0 Å². The normalized spacial score (nSPS) is 20.9. The van der Waals surface area contributed by atoms with Crippen LogP contribution in [0.3, 0.4) is 0 Å². The van der Waals surface area contributed by atoms with E-state index in [0.29, 0.717) is 0 Å². The quantitative estimate of drug-likeness (QED) is 0.539. The highest BCUT2D eigenvalue weighted by Gasteiger charge is 2.09. The Bertz CT molecular complexity index is 234. The van der Waals surface area contributed by atoms with Crippen LogP contribution in [0, 0.1) is 0 Å². The molecule has 2 rings (SSSR count). The second-order valence-electron chi connectivity index (χ2n) is 7.37. The summed E-state index contributed by atoms with van der Waals surface area (Å²) in [5.41, 5.74) is 0. The Hall–Kier alpha value is -0.160. The first-order chi connectivity index (χ1) is 11.4. The first-order valence-corrected chi connectivity index (χ1v) is 10.3. The van der Waals surface area contributed by atoms with Gasteiger partial charge in [0.1, 0.15) is 0 Å². The van der Waals surface area contributed by atoms with Gasteiger partial charge in [0, 0.05) is 0 Å². The van der Waals surface area contributed by atoms with E-state index >= 15 is 0 Å². The van der Waals surface area contributed by atoms with Crippen molar-refractivity contribution in [1.29, 1.82) is 0 Å². The van der Waals surface area contributed by atoms with Crippen molar-refractivity contribution in [1.82, 2.24) is 20.4 Å². The fraction of sp³-hybridized carbons (Fsp3) is 1.00. The third-order valence-electron chi connectivity index (χ3n) is 5.26. The fourth-order valence-electron chi connectivity index (χ4n) is 3.81. The average Bonchev–Trinajstić information content (AvgIpc) is 2.61. The van der Waals surface area contributed by atoms with E-state index in [0.717, 1.165) is 0 Å². The number of hydrogen-bond acceptors (Lipinski definition) is 4. The van der Waals surface area contributed by atoms with E-state index in [2.05, 4.69) is 20.4 Å². The van der Waals surface area contributed by atoms with E-state index in [-0.39, 0.29) is 0 Å². The Morgan fingerprint density at radius 3 is 1.30 bits per heavy atom. The minimum absolute atomic E-state index is 1.17. The molecule has 2 aliphatic heterocycles. The van der Waals surface area contributed by atoms with Crippen molar-refractivity contribution >= 4 is 0 Å². The molecular weight excluding hydrogens is 284 g/mol. The molecule has 2 saturated heterocycles. The largest absolute Gasteiger partial charge is 0.317 e. The van der Waals surface area contributed by atoms with Crippen LogP contribution in [0.4, 0.5) is 0 Å². The molecule has 0 amide bonds. The maximum atomic E-state index is 3.59. The van der Waals surface area contributed by atoms with E-state index in [9.17, 15) is 0 Å². The summed E-state index contributed by atoms with van der Waals surface area (Å²) < 4.78 is 0. The number of nitrogens with one attached hydrogen (secondary N) is 2. The van der Waals surface area contributed by atoms with E-state index in [4.69, 9.17) is 0 Å². The number of nitrogens with zero attached hydrogens (tertiary/aromatic N) is 2. The van der Waals surface area contributed by atoms with E-state index < -0.39 is 0 Å². The zero-order valence-corrected chi connectivity index (χ0v) is 15.3. The summed E-state index contributed by atoms with van der Waals surface area (Å²) in [4.78, 5) is 5.27. The van der Waals surface area contributed by atoms with Gasteiger partial charge in [-0.15, -0.1) is 0 Å². The Labute approximate surface area is 144 Å². The van der Waals surface area contributed by atoms with Gasteiger partial charge in [0.05, 0.1) is 0 Å². The van der Waals surface area contributed by atoms with Crippen molar-refractivity contribution in [3.8, 4) is 0 Å². The molecule has 0 aromatic heterocycles. The Morgan fingerprint density at radius 1 is 0.478 bits per heavy atom. The molecule has 2 aliphatic rings. The van der Waals surface area contributed by atoms with Gasteiger partial charge in [-0.25, -0.2) is 0 Å². The number of piperidine rings is 2. The van der Waals surface area contributed by atoms with Crippen LogP contribution in [-0.2, 0) is 0 Å². The molecule has 0 aliphatic carbocycles. The molecule has 136 valence electrons. The fourth-order valence-corrected chi connectivity index (χ4v) is 3.81. The minimum Gasteiger partial charge on any atom is -0.317 e. The van der Waals surface area contributed by atoms with Gasteiger partial charge in [0.2, 0.25) is 0 Å². The highest BCUT2D eigenvalue weighted by Crippen LogP contribution is 2.09. The summed E-state index contributed by atoms with van der Waals surface area (Å²) in [6.45, 7) is 12.6. The lowest BCUT2D eigenvalue weighted by atomic mass is 10.1. The first-order valence-electron chi connectivity index (χ1n) is 10.3. The van der Waals surface area contributed by atoms with Crippen LogP contribution in [0.15, 0.2) is 0 Å². The molecule has 2 N–H and O–H groups in total. The molecule has 0 bridgehead atoms. The van der Waals surface area contributed by atoms with Gasteiger partial charge < -0.3 is 20.4 Å². The smallest absolute Gasteiger partial charge is 0.000664 e. The highest BCUT2D eigenvalue weighted by atomic mass is 15.1. The van der Waals surface area contributed by atoms with E-state index in [1.807, 2.05) is 0 Å². The third kappa shape index (κ3) is 9.65. The minimum atomic E-state index is 1.17. The lowest BCUT2D eigenvalue weighted by Crippen LogP contribution is -2.33. The molecule has 2 heterocycles. The van der Waals surface area contributed by atoms with Crippen molar-refractivity contribution < 1.29 is 0 Å². The lowest BCUT2D eigenvalue weighted by molar-refractivity contribution is 0.225. The van der Waals surface area contributed by atoms with E-state index in [1.165, 1.54) is 123 Å². The summed E-state index contributed by atoms with van der Waals surface area (Å²) in [7, 11) is 0. The van der Waals surface area contributed by atoms with Crippen LogP contribution < -0.4 is 10.6 Å². The summed E-state index contributed by atoms with van der Waals surface area (Å²) in [6.07, 6.45) is 12.4. The van der Waals surface area contributed by atoms with Gasteiger partial charge in [-0.2, -0.15) is 0 Å². The van der Waals surface area contributed by atoms with Crippen LogP contribution in [0.5, 0.6) is 0 Å². The van der Waals surface area contributed by atoms with Crippen molar-refractivity contribution in [3.05, 3.63) is 0 Å². The maximum absolute atomic E-state index is 3.59. The second-order valence-corrected chi connectivity index (χ2v) is 7.37. The SMILES string of the molecule is C1CCN(CCCNCCCNCCCN2CCCCC2)CC1. The molecule has 0 aromatic carbocycles. The highest BCUT2D eigenvalue weighted by molar-refractivity contribution is 4.66. The molecule has 0 unspecified atom stereocenters. The Kier molecular flexibility index (Phi) is 11.0. The monoisotopic (exact) mass is 324 g/mol. The molecule has 0 saturated carbocycles. The molecule has 2 fully saturated rings. The van der Waals surface area contributed by atoms with Crippen LogP contribution in [0.2, 0.25) is 0 Å². The van der Waals surface area contributed by atoms with Crippen LogP contribution in [-0.4, -0.2) is 75.2 Å². The summed E-state index contributed by atoms with van der Waals surface area (Å²) >= 11 is 0. The molecule has 23 heavy (non-hydrogen) atoms. The Balaban J connectivity index is 1.26. The van der Waals surface area contributed by atoms with Crippen LogP contribution >= 0.6 is 0 Å². The van der Waals surface area contributed by atoms with Gasteiger partial charge in [-0.05, 0) is 110 Å². The van der Waals surface area contributed by atoms with Gasteiger partial charge in [-0.3, -0.25) is 0 Å². The number of hydrogen-bond donors (Lipinski definition) is 2. The summed E-state index contributed by atoms with van der Waals surface area (Å²) in [6, 6.07) is 0. The van der Waals surface area contributed by atoms with Crippen molar-refractivity contribution in [2.24, 2.45) is 0 Å². The third-order valence-corrected chi connectivity index (χ3v) is 5.26. The molecule has 0 aromatic rings. The molecular formula is C19H40N4. The average molecular weight is 325 g/mol. The van der Waals surface area contributed by atoms with Gasteiger partial charge >= 0.3 is 0 Å². The zero-order valence-electron chi connectivity index (χ0n) is 15.3. The van der Waals surface area contributed by atoms with Crippen LogP contribution in [0.25, 0.3) is 0 Å². The molecule has 0 atom stereocenters. The van der Waals surface area contributed by atoms with Gasteiger partial charge in [-0.1, -0.05) is 12.8 Å². The number of rotatable bonds is 12. The zero-order chi connectivity index (χ0) is 16.0. The standard InChI is InChI=1S/C19H40N4/c1-3-14-22(15-4-1)18-8-12-20-10-7-11-21-13-9-19-23-16-5-2-6-17-23/h20-21H,1-19H2. The number of likely N-dealkylation sites (tertiary alicyclic amines) is 2. The van der Waals surface area contributed by atoms with Crippen molar-refractivity contribution in [3.63, 3.8) is 0 Å². The van der Waals surface area contributed by atoms with E-state index in [1.54, 1.807) is 0 Å². The van der Waals surface area contributed by atoms with Crippen molar-refractivity contribution in [2.75, 3.05) is 65.4 Å². The molecule has 0 radical (unpaired) electrons. The maximum Gasteiger partial charge on any atom is -0.000664 e. The lowest BCUT2D eigenvalue weighted by Gasteiger charge is -2.26.